The molecule has 1 N–H and O–H groups in total. The summed E-state index contributed by atoms with van der Waals surface area (Å²) in [7, 11) is 0. The molecule has 2 aliphatic heterocycles. The fourth-order valence-electron chi connectivity index (χ4n) is 6.07. The standard InChI is InChI=1S/C24H33N3O2S/c1-30-20-6-3-18(4-7-20)25-23(29)21-15-24(21)9-12-26(13-10-24)22(28)8-11-27-16-17-2-5-19(27)14-17/h3-4,6-7,17,19,21H,2,5,8-16H2,1H3,(H,25,29)/t17-,19-,21-/m0/s1. The topological polar surface area (TPSA) is 52.7 Å². The average molecular weight is 428 g/mol. The number of fused-ring (bicyclic) bond motifs is 2. The molecule has 3 atom stereocenters. The number of nitrogens with one attached hydrogen (secondary N) is 1. The third-order valence-corrected chi connectivity index (χ3v) is 8.85. The summed E-state index contributed by atoms with van der Waals surface area (Å²) in [6, 6.07) is 8.79. The first kappa shape index (κ1) is 20.4. The summed E-state index contributed by atoms with van der Waals surface area (Å²) >= 11 is 1.70. The largest absolute Gasteiger partial charge is 0.343 e. The van der Waals surface area contributed by atoms with Crippen LogP contribution in [-0.2, 0) is 9.59 Å². The van der Waals surface area contributed by atoms with Crippen molar-refractivity contribution in [3.05, 3.63) is 24.3 Å². The van der Waals surface area contributed by atoms with Crippen LogP contribution >= 0.6 is 11.8 Å². The number of benzene rings is 1. The lowest BCUT2D eigenvalue weighted by atomic mass is 9.90. The lowest BCUT2D eigenvalue weighted by Crippen LogP contribution is -2.42. The van der Waals surface area contributed by atoms with Crippen LogP contribution in [0.5, 0.6) is 0 Å². The van der Waals surface area contributed by atoms with Gasteiger partial charge in [-0.1, -0.05) is 0 Å². The predicted molar refractivity (Wildman–Crippen MR) is 121 cm³/mol. The van der Waals surface area contributed by atoms with Gasteiger partial charge in [-0.05, 0) is 80.4 Å². The Kier molecular flexibility index (Phi) is 5.56. The summed E-state index contributed by atoms with van der Waals surface area (Å²) in [5, 5.41) is 3.09. The van der Waals surface area contributed by atoms with Gasteiger partial charge in [-0.25, -0.2) is 0 Å². The number of thioether (sulfide) groups is 1. The highest BCUT2D eigenvalue weighted by Gasteiger charge is 2.58. The van der Waals surface area contributed by atoms with Crippen molar-refractivity contribution in [2.75, 3.05) is 37.8 Å². The second-order valence-electron chi connectivity index (χ2n) is 9.80. The molecule has 2 amide bonds. The second kappa shape index (κ2) is 8.19. The first-order chi connectivity index (χ1) is 14.6. The number of amides is 2. The van der Waals surface area contributed by atoms with Crippen LogP contribution in [0, 0.1) is 17.3 Å². The van der Waals surface area contributed by atoms with Gasteiger partial charge < -0.3 is 10.2 Å². The molecule has 2 saturated carbocycles. The number of carbonyl (C=O) groups excluding carboxylic acids is 2. The van der Waals surface area contributed by atoms with Gasteiger partial charge in [-0.2, -0.15) is 0 Å². The number of anilines is 1. The average Bonchev–Trinajstić information content (AvgIpc) is 3.10. The summed E-state index contributed by atoms with van der Waals surface area (Å²) in [6.07, 6.45) is 9.69. The van der Waals surface area contributed by atoms with Gasteiger partial charge >= 0.3 is 0 Å². The summed E-state index contributed by atoms with van der Waals surface area (Å²) in [6.45, 7) is 3.77. The van der Waals surface area contributed by atoms with Gasteiger partial charge in [0.25, 0.3) is 0 Å². The maximum Gasteiger partial charge on any atom is 0.228 e. The minimum atomic E-state index is 0.107. The van der Waals surface area contributed by atoms with E-state index in [1.54, 1.807) is 11.8 Å². The minimum Gasteiger partial charge on any atom is -0.343 e. The van der Waals surface area contributed by atoms with Crippen LogP contribution in [0.2, 0.25) is 0 Å². The Morgan fingerprint density at radius 3 is 2.57 bits per heavy atom. The number of nitrogens with zero attached hydrogens (tertiary/aromatic N) is 2. The molecule has 1 aromatic carbocycles. The van der Waals surface area contributed by atoms with Crippen molar-refractivity contribution in [2.45, 2.75) is 55.9 Å². The van der Waals surface area contributed by atoms with Gasteiger partial charge in [0, 0.05) is 55.1 Å². The Bertz CT molecular complexity index is 803. The molecule has 2 heterocycles. The van der Waals surface area contributed by atoms with E-state index in [0.717, 1.165) is 56.5 Å². The van der Waals surface area contributed by atoms with Gasteiger partial charge in [0.15, 0.2) is 0 Å². The molecule has 2 aliphatic carbocycles. The quantitative estimate of drug-likeness (QED) is 0.701. The molecule has 2 saturated heterocycles. The van der Waals surface area contributed by atoms with E-state index in [-0.39, 0.29) is 17.2 Å². The maximum atomic E-state index is 12.7. The summed E-state index contributed by atoms with van der Waals surface area (Å²) < 4.78 is 0. The fraction of sp³-hybridized carbons (Fsp3) is 0.667. The third-order valence-electron chi connectivity index (χ3n) is 8.11. The molecule has 30 heavy (non-hydrogen) atoms. The van der Waals surface area contributed by atoms with Gasteiger partial charge in [-0.3, -0.25) is 14.5 Å². The zero-order valence-corrected chi connectivity index (χ0v) is 18.8. The SMILES string of the molecule is CSc1ccc(NC(=O)[C@@H]2CC23CCN(C(=O)CCN2C[C@H]4CC[C@H]2C4)CC3)cc1. The van der Waals surface area contributed by atoms with Crippen LogP contribution in [0.1, 0.15) is 44.9 Å². The van der Waals surface area contributed by atoms with E-state index in [2.05, 4.69) is 16.5 Å². The molecule has 4 fully saturated rings. The molecule has 5 nitrogen and oxygen atoms in total. The monoisotopic (exact) mass is 427 g/mol. The van der Waals surface area contributed by atoms with Gasteiger partial charge in [0.1, 0.15) is 0 Å². The molecular formula is C24H33N3O2S. The first-order valence-corrected chi connectivity index (χ1v) is 12.8. The summed E-state index contributed by atoms with van der Waals surface area (Å²) in [4.78, 5) is 31.2. The molecule has 0 radical (unpaired) electrons. The molecule has 1 spiro atoms. The zero-order valence-electron chi connectivity index (χ0n) is 17.9. The smallest absolute Gasteiger partial charge is 0.228 e. The van der Waals surface area contributed by atoms with E-state index in [4.69, 9.17) is 0 Å². The van der Waals surface area contributed by atoms with Crippen molar-refractivity contribution < 1.29 is 9.59 Å². The third kappa shape index (κ3) is 4.01. The predicted octanol–water partition coefficient (Wildman–Crippen LogP) is 3.85. The molecule has 4 aliphatic rings. The molecular weight excluding hydrogens is 394 g/mol. The molecule has 0 unspecified atom stereocenters. The van der Waals surface area contributed by atoms with Gasteiger partial charge in [0.2, 0.25) is 11.8 Å². The Labute approximate surface area is 183 Å². The van der Waals surface area contributed by atoms with Crippen molar-refractivity contribution in [3.63, 3.8) is 0 Å². The van der Waals surface area contributed by atoms with Crippen molar-refractivity contribution in [1.29, 1.82) is 0 Å². The number of carbonyl (C=O) groups is 2. The molecule has 5 rings (SSSR count). The van der Waals surface area contributed by atoms with Crippen LogP contribution < -0.4 is 5.32 Å². The maximum absolute atomic E-state index is 12.7. The van der Waals surface area contributed by atoms with Gasteiger partial charge in [-0.15, -0.1) is 11.8 Å². The van der Waals surface area contributed by atoms with Crippen LogP contribution in [0.15, 0.2) is 29.2 Å². The normalized spacial score (nSPS) is 29.4. The van der Waals surface area contributed by atoms with E-state index in [1.165, 1.54) is 30.7 Å². The van der Waals surface area contributed by atoms with E-state index >= 15 is 0 Å². The number of hydrogen-bond acceptors (Lipinski definition) is 4. The lowest BCUT2D eigenvalue weighted by Gasteiger charge is -2.34. The van der Waals surface area contributed by atoms with Crippen LogP contribution in [0.25, 0.3) is 0 Å². The van der Waals surface area contributed by atoms with Gasteiger partial charge in [0.05, 0.1) is 0 Å². The van der Waals surface area contributed by atoms with Crippen molar-refractivity contribution in [3.8, 4) is 0 Å². The molecule has 1 aromatic rings. The van der Waals surface area contributed by atoms with Crippen molar-refractivity contribution >= 4 is 29.3 Å². The number of likely N-dealkylation sites (tertiary alicyclic amines) is 2. The van der Waals surface area contributed by atoms with Crippen molar-refractivity contribution in [2.24, 2.45) is 17.3 Å². The van der Waals surface area contributed by atoms with E-state index < -0.39 is 0 Å². The minimum absolute atomic E-state index is 0.107. The highest BCUT2D eigenvalue weighted by atomic mass is 32.2. The first-order valence-electron chi connectivity index (χ1n) is 11.5. The summed E-state index contributed by atoms with van der Waals surface area (Å²) in [5.74, 6) is 1.45. The number of rotatable bonds is 6. The summed E-state index contributed by atoms with van der Waals surface area (Å²) in [5.41, 5.74) is 1.01. The van der Waals surface area contributed by atoms with E-state index in [1.807, 2.05) is 29.2 Å². The number of hydrogen-bond donors (Lipinski definition) is 1. The Hall–Kier alpha value is -1.53. The Morgan fingerprint density at radius 1 is 1.17 bits per heavy atom. The van der Waals surface area contributed by atoms with E-state index in [9.17, 15) is 9.59 Å². The highest BCUT2D eigenvalue weighted by molar-refractivity contribution is 7.98. The van der Waals surface area contributed by atoms with E-state index in [0.29, 0.717) is 12.3 Å². The van der Waals surface area contributed by atoms with Crippen LogP contribution in [0.4, 0.5) is 5.69 Å². The highest BCUT2D eigenvalue weighted by Crippen LogP contribution is 2.59. The molecule has 6 heteroatoms. The fourth-order valence-corrected chi connectivity index (χ4v) is 6.48. The molecule has 162 valence electrons. The Morgan fingerprint density at radius 2 is 1.93 bits per heavy atom. The molecule has 2 bridgehead atoms. The Balaban J connectivity index is 1.06. The van der Waals surface area contributed by atoms with Crippen LogP contribution in [-0.4, -0.2) is 60.1 Å². The molecule has 0 aromatic heterocycles. The number of piperidine rings is 2. The second-order valence-corrected chi connectivity index (χ2v) is 10.7. The van der Waals surface area contributed by atoms with Crippen molar-refractivity contribution in [1.82, 2.24) is 9.80 Å². The van der Waals surface area contributed by atoms with Crippen LogP contribution in [0.3, 0.4) is 0 Å². The lowest BCUT2D eigenvalue weighted by molar-refractivity contribution is -0.133. The zero-order chi connectivity index (χ0) is 20.7.